The minimum atomic E-state index is -2.03. The summed E-state index contributed by atoms with van der Waals surface area (Å²) in [4.78, 5) is 10.7. The van der Waals surface area contributed by atoms with Crippen LogP contribution in [0, 0.1) is 0 Å². The smallest absolute Gasteiger partial charge is 0.336 e. The second kappa shape index (κ2) is 11.1. The van der Waals surface area contributed by atoms with Crippen LogP contribution in [0.15, 0.2) is 12.7 Å². The zero-order valence-corrected chi connectivity index (χ0v) is 13.0. The van der Waals surface area contributed by atoms with E-state index in [1.165, 1.54) is 0 Å². The summed E-state index contributed by atoms with van der Waals surface area (Å²) in [5.74, 6) is -0.441. The van der Waals surface area contributed by atoms with Gasteiger partial charge in [-0.2, -0.15) is 0 Å². The third kappa shape index (κ3) is 9.80. The van der Waals surface area contributed by atoms with E-state index in [0.29, 0.717) is 26.4 Å². The molecule has 0 aromatic rings. The lowest BCUT2D eigenvalue weighted by Crippen LogP contribution is -2.37. The number of esters is 1. The third-order valence-corrected chi connectivity index (χ3v) is 5.41. The van der Waals surface area contributed by atoms with Gasteiger partial charge in [0.2, 0.25) is 0 Å². The van der Waals surface area contributed by atoms with Crippen LogP contribution in [0.4, 0.5) is 0 Å². The average Bonchev–Trinajstić information content (AvgIpc) is 2.44. The summed E-state index contributed by atoms with van der Waals surface area (Å²) >= 11 is 0. The first-order valence-corrected chi connectivity index (χ1v) is 8.65. The van der Waals surface area contributed by atoms with E-state index >= 15 is 0 Å². The van der Waals surface area contributed by atoms with Gasteiger partial charge in [0.15, 0.2) is 0 Å². The van der Waals surface area contributed by atoms with E-state index in [1.54, 1.807) is 14.2 Å². The molecule has 0 aromatic heterocycles. The maximum absolute atomic E-state index is 10.7. The highest BCUT2D eigenvalue weighted by atomic mass is 28.4. The van der Waals surface area contributed by atoms with E-state index in [0.717, 1.165) is 12.1 Å². The Morgan fingerprint density at radius 3 is 2.11 bits per heavy atom. The minimum Gasteiger partial charge on any atom is -0.460 e. The molecule has 6 nitrogen and oxygen atoms in total. The molecule has 0 unspecified atom stereocenters. The molecule has 0 heterocycles. The van der Waals surface area contributed by atoms with Gasteiger partial charge in [0.1, 0.15) is 6.61 Å². The summed E-state index contributed by atoms with van der Waals surface area (Å²) in [6.45, 7) is 7.39. The van der Waals surface area contributed by atoms with E-state index in [2.05, 4.69) is 6.58 Å². The lowest BCUT2D eigenvalue weighted by Gasteiger charge is -2.22. The second-order valence-corrected chi connectivity index (χ2v) is 7.47. The van der Waals surface area contributed by atoms with Gasteiger partial charge in [-0.25, -0.2) is 4.79 Å². The molecule has 0 N–H and O–H groups in total. The van der Waals surface area contributed by atoms with Crippen molar-refractivity contribution >= 4 is 14.5 Å². The first-order valence-electron chi connectivity index (χ1n) is 6.13. The summed E-state index contributed by atoms with van der Waals surface area (Å²) in [5, 5.41) is 0. The molecule has 0 aromatic carbocycles. The van der Waals surface area contributed by atoms with Gasteiger partial charge in [0, 0.05) is 32.9 Å². The van der Waals surface area contributed by atoms with Crippen molar-refractivity contribution in [2.24, 2.45) is 0 Å². The first kappa shape index (κ1) is 18.3. The molecule has 0 atom stereocenters. The number of rotatable bonds is 12. The Morgan fingerprint density at radius 2 is 1.58 bits per heavy atom. The second-order valence-electron chi connectivity index (χ2n) is 3.89. The van der Waals surface area contributed by atoms with Crippen LogP contribution in [0.2, 0.25) is 12.6 Å². The van der Waals surface area contributed by atoms with Gasteiger partial charge in [-0.1, -0.05) is 6.58 Å². The quantitative estimate of drug-likeness (QED) is 0.232. The van der Waals surface area contributed by atoms with Crippen molar-refractivity contribution in [2.75, 3.05) is 47.3 Å². The highest BCUT2D eigenvalue weighted by molar-refractivity contribution is 6.65. The highest BCUT2D eigenvalue weighted by Crippen LogP contribution is 2.10. The summed E-state index contributed by atoms with van der Waals surface area (Å²) in [7, 11) is 1.28. The van der Waals surface area contributed by atoms with Crippen LogP contribution in [-0.2, 0) is 27.9 Å². The molecule has 0 aliphatic heterocycles. The lowest BCUT2D eigenvalue weighted by molar-refractivity contribution is -0.139. The molecule has 19 heavy (non-hydrogen) atoms. The Hall–Kier alpha value is -0.733. The van der Waals surface area contributed by atoms with E-state index in [-0.39, 0.29) is 6.61 Å². The maximum atomic E-state index is 10.7. The molecule has 0 bridgehead atoms. The number of carbonyl (C=O) groups excluding carboxylic acids is 1. The zero-order valence-electron chi connectivity index (χ0n) is 12.0. The Morgan fingerprint density at radius 1 is 1.05 bits per heavy atom. The molecule has 0 spiro atoms. The van der Waals surface area contributed by atoms with Crippen LogP contribution in [0.25, 0.3) is 0 Å². The van der Waals surface area contributed by atoms with Gasteiger partial charge in [0.25, 0.3) is 0 Å². The van der Waals surface area contributed by atoms with Gasteiger partial charge in [0.05, 0.1) is 19.8 Å². The van der Waals surface area contributed by atoms with E-state index in [4.69, 9.17) is 23.1 Å². The largest absolute Gasteiger partial charge is 0.460 e. The molecular weight excluding hydrogens is 268 g/mol. The number of carbonyl (C=O) groups is 1. The van der Waals surface area contributed by atoms with Crippen molar-refractivity contribution < 1.29 is 27.9 Å². The Kier molecular flexibility index (Phi) is 10.7. The van der Waals surface area contributed by atoms with Crippen LogP contribution in [0.3, 0.4) is 0 Å². The summed E-state index contributed by atoms with van der Waals surface area (Å²) < 4.78 is 26.0. The molecule has 0 aliphatic carbocycles. The van der Waals surface area contributed by atoms with Gasteiger partial charge >= 0.3 is 14.5 Å². The van der Waals surface area contributed by atoms with Gasteiger partial charge < -0.3 is 23.1 Å². The Balaban J connectivity index is 3.32. The van der Waals surface area contributed by atoms with Gasteiger partial charge in [-0.3, -0.25) is 0 Å². The van der Waals surface area contributed by atoms with Crippen molar-refractivity contribution in [1.82, 2.24) is 0 Å². The van der Waals surface area contributed by atoms with Crippen molar-refractivity contribution in [3.05, 3.63) is 12.7 Å². The van der Waals surface area contributed by atoms with Crippen LogP contribution >= 0.6 is 0 Å². The molecule has 0 saturated heterocycles. The fraction of sp³-hybridized carbons (Fsp3) is 0.750. The SMILES string of the molecule is C=CC(=O)OCCOCCOCC[Si](C)(OC)OC. The van der Waals surface area contributed by atoms with Crippen LogP contribution in [-0.4, -0.2) is 61.8 Å². The molecule has 0 fully saturated rings. The lowest BCUT2D eigenvalue weighted by atomic mass is 10.6. The van der Waals surface area contributed by atoms with E-state index < -0.39 is 14.5 Å². The van der Waals surface area contributed by atoms with Crippen molar-refractivity contribution in [3.63, 3.8) is 0 Å². The number of hydrogen-bond acceptors (Lipinski definition) is 6. The topological polar surface area (TPSA) is 63.2 Å². The zero-order chi connectivity index (χ0) is 14.6. The average molecular weight is 292 g/mol. The third-order valence-electron chi connectivity index (χ3n) is 2.57. The van der Waals surface area contributed by atoms with Crippen LogP contribution < -0.4 is 0 Å². The van der Waals surface area contributed by atoms with Crippen LogP contribution in [0.5, 0.6) is 0 Å². The summed E-state index contributed by atoms with van der Waals surface area (Å²) in [6.07, 6.45) is 1.12. The fourth-order valence-corrected chi connectivity index (χ4v) is 2.22. The van der Waals surface area contributed by atoms with Gasteiger partial charge in [-0.15, -0.1) is 0 Å². The van der Waals surface area contributed by atoms with E-state index in [1.807, 2.05) is 6.55 Å². The fourth-order valence-electron chi connectivity index (χ4n) is 1.13. The molecule has 7 heteroatoms. The minimum absolute atomic E-state index is 0.225. The normalized spacial score (nSPS) is 11.3. The van der Waals surface area contributed by atoms with Crippen LogP contribution in [0.1, 0.15) is 0 Å². The molecule has 0 saturated carbocycles. The summed E-state index contributed by atoms with van der Waals surface area (Å²) in [5.41, 5.74) is 0. The first-order chi connectivity index (χ1) is 9.08. The van der Waals surface area contributed by atoms with Gasteiger partial charge in [-0.05, 0) is 6.55 Å². The molecule has 112 valence electrons. The molecular formula is C12H24O6Si. The molecule has 0 aliphatic rings. The monoisotopic (exact) mass is 292 g/mol. The predicted molar refractivity (Wildman–Crippen MR) is 73.2 cm³/mol. The van der Waals surface area contributed by atoms with Crippen molar-refractivity contribution in [2.45, 2.75) is 12.6 Å². The van der Waals surface area contributed by atoms with Crippen molar-refractivity contribution in [3.8, 4) is 0 Å². The highest BCUT2D eigenvalue weighted by Gasteiger charge is 2.27. The summed E-state index contributed by atoms with van der Waals surface area (Å²) in [6, 6.07) is 0.775. The standard InChI is InChI=1S/C12H24O6Si/c1-5-12(13)18-9-8-16-6-7-17-10-11-19(4,14-2)15-3/h5H,1,6-11H2,2-4H3. The number of ether oxygens (including phenoxy) is 3. The predicted octanol–water partition coefficient (Wildman–Crippen LogP) is 1.11. The molecule has 0 amide bonds. The molecule has 0 rings (SSSR count). The molecule has 0 radical (unpaired) electrons. The number of hydrogen-bond donors (Lipinski definition) is 0. The maximum Gasteiger partial charge on any atom is 0.336 e. The Bertz CT molecular complexity index is 255. The van der Waals surface area contributed by atoms with Crippen molar-refractivity contribution in [1.29, 1.82) is 0 Å². The van der Waals surface area contributed by atoms with E-state index in [9.17, 15) is 4.79 Å². The Labute approximate surface area is 115 Å².